The molecule has 0 aliphatic carbocycles. The van der Waals surface area contributed by atoms with Gasteiger partial charge in [0.1, 0.15) is 6.61 Å². The van der Waals surface area contributed by atoms with Crippen LogP contribution in [0.3, 0.4) is 0 Å². The van der Waals surface area contributed by atoms with Gasteiger partial charge in [0.25, 0.3) is 11.6 Å². The minimum absolute atomic E-state index is 0.110. The standard InChI is InChI=1S/C30H33N3O8S/c1-18-25-24(19(2)34)29(36)32(25)26(30(37)41-17-20-11-13-21(14-12-20)33(38)39)27(18)42(40)23-10-6-5-9-22(23)28(35)31-15-7-3-4-8-16-31/h5-6,9-14,18-19,24-25,34H,3-4,7-8,15-17H2,1-2H3/t18?,19?,24?,25-,42?/m0/s1. The summed E-state index contributed by atoms with van der Waals surface area (Å²) in [6.07, 6.45) is 2.89. The van der Waals surface area contributed by atoms with Crippen molar-refractivity contribution in [3.8, 4) is 0 Å². The summed E-state index contributed by atoms with van der Waals surface area (Å²) >= 11 is -2.00. The molecule has 2 amide bonds. The Balaban J connectivity index is 1.48. The zero-order chi connectivity index (χ0) is 30.1. The number of carbonyl (C=O) groups is 3. The summed E-state index contributed by atoms with van der Waals surface area (Å²) in [6.45, 7) is 4.25. The normalized spacial score (nSPS) is 23.5. The molecule has 1 N–H and O–H groups in total. The van der Waals surface area contributed by atoms with Crippen molar-refractivity contribution < 1.29 is 33.7 Å². The average Bonchev–Trinajstić information content (AvgIpc) is 3.11. The van der Waals surface area contributed by atoms with E-state index in [0.717, 1.165) is 25.7 Å². The fraction of sp³-hybridized carbons (Fsp3) is 0.433. The number of nitro benzene ring substituents is 1. The molecule has 3 aliphatic heterocycles. The third kappa shape index (κ3) is 5.41. The number of hydrogen-bond acceptors (Lipinski definition) is 8. The van der Waals surface area contributed by atoms with E-state index in [2.05, 4.69) is 0 Å². The molecule has 42 heavy (non-hydrogen) atoms. The average molecular weight is 596 g/mol. The van der Waals surface area contributed by atoms with E-state index in [0.29, 0.717) is 18.7 Å². The summed E-state index contributed by atoms with van der Waals surface area (Å²) in [5.41, 5.74) is 0.516. The minimum Gasteiger partial charge on any atom is -0.607 e. The topological polar surface area (TPSA) is 153 Å². The highest BCUT2D eigenvalue weighted by Gasteiger charge is 2.63. The number of nitrogens with zero attached hydrogens (tertiary/aromatic N) is 3. The molecule has 3 heterocycles. The second-order valence-corrected chi connectivity index (χ2v) is 12.4. The van der Waals surface area contributed by atoms with Crippen LogP contribution in [0, 0.1) is 22.0 Å². The maximum absolute atomic E-state index is 14.3. The van der Waals surface area contributed by atoms with Crippen LogP contribution in [0.15, 0.2) is 64.0 Å². The van der Waals surface area contributed by atoms with E-state index in [-0.39, 0.29) is 39.3 Å². The molecule has 3 aliphatic rings. The molecule has 5 rings (SSSR count). The molecule has 2 saturated heterocycles. The van der Waals surface area contributed by atoms with Crippen molar-refractivity contribution >= 4 is 34.6 Å². The molecular weight excluding hydrogens is 562 g/mol. The van der Waals surface area contributed by atoms with Crippen molar-refractivity contribution in [2.24, 2.45) is 11.8 Å². The first kappa shape index (κ1) is 29.7. The number of carbonyl (C=O) groups excluding carboxylic acids is 3. The SMILES string of the molecule is CC(O)C1C(=O)N2C(C(=O)OCc3ccc([N+](=O)[O-])cc3)=C([S+]([O-])c3ccccc3C(=O)N3CCCCCC3)C(C)[C@@H]12. The van der Waals surface area contributed by atoms with Crippen molar-refractivity contribution in [3.05, 3.63) is 80.4 Å². The van der Waals surface area contributed by atoms with Gasteiger partial charge in [-0.05, 0) is 49.6 Å². The van der Waals surface area contributed by atoms with Gasteiger partial charge in [0.15, 0.2) is 15.5 Å². The van der Waals surface area contributed by atoms with Crippen LogP contribution >= 0.6 is 0 Å². The quantitative estimate of drug-likeness (QED) is 0.160. The Morgan fingerprint density at radius 1 is 1.10 bits per heavy atom. The van der Waals surface area contributed by atoms with Crippen molar-refractivity contribution in [1.29, 1.82) is 0 Å². The molecule has 2 fully saturated rings. The van der Waals surface area contributed by atoms with Gasteiger partial charge in [-0.2, -0.15) is 0 Å². The molecule has 2 aromatic carbocycles. The first-order valence-corrected chi connectivity index (χ1v) is 15.2. The maximum atomic E-state index is 14.3. The third-order valence-electron chi connectivity index (χ3n) is 8.23. The number of amides is 2. The van der Waals surface area contributed by atoms with E-state index < -0.39 is 52.0 Å². The van der Waals surface area contributed by atoms with Crippen molar-refractivity contribution in [2.75, 3.05) is 13.1 Å². The number of rotatable bonds is 8. The zero-order valence-electron chi connectivity index (χ0n) is 23.4. The van der Waals surface area contributed by atoms with Gasteiger partial charge in [0, 0.05) is 36.4 Å². The summed E-state index contributed by atoms with van der Waals surface area (Å²) in [5, 5.41) is 21.3. The molecule has 2 aromatic rings. The second-order valence-electron chi connectivity index (χ2n) is 10.9. The number of nitro groups is 1. The summed E-state index contributed by atoms with van der Waals surface area (Å²) in [7, 11) is 0. The highest BCUT2D eigenvalue weighted by atomic mass is 32.2. The minimum atomic E-state index is -2.00. The van der Waals surface area contributed by atoms with E-state index in [1.165, 1.54) is 36.1 Å². The van der Waals surface area contributed by atoms with Crippen LogP contribution < -0.4 is 0 Å². The number of benzene rings is 2. The Morgan fingerprint density at radius 2 is 1.74 bits per heavy atom. The van der Waals surface area contributed by atoms with Gasteiger partial charge in [-0.3, -0.25) is 24.6 Å². The number of likely N-dealkylation sites (tertiary alicyclic amines) is 1. The number of hydrogen-bond donors (Lipinski definition) is 1. The van der Waals surface area contributed by atoms with Crippen molar-refractivity contribution in [2.45, 2.75) is 63.2 Å². The molecule has 0 aromatic heterocycles. The van der Waals surface area contributed by atoms with Gasteiger partial charge >= 0.3 is 5.97 Å². The monoisotopic (exact) mass is 595 g/mol. The van der Waals surface area contributed by atoms with Crippen LogP contribution in [-0.4, -0.2) is 67.4 Å². The van der Waals surface area contributed by atoms with Crippen LogP contribution in [0.1, 0.15) is 55.5 Å². The van der Waals surface area contributed by atoms with E-state index in [4.69, 9.17) is 4.74 Å². The molecule has 12 heteroatoms. The molecular formula is C30H33N3O8S. The molecule has 11 nitrogen and oxygen atoms in total. The summed E-state index contributed by atoms with van der Waals surface area (Å²) in [6, 6.07) is 11.5. The zero-order valence-corrected chi connectivity index (χ0v) is 24.2. The van der Waals surface area contributed by atoms with Gasteiger partial charge in [-0.25, -0.2) is 4.79 Å². The van der Waals surface area contributed by atoms with Gasteiger partial charge in [-0.15, -0.1) is 0 Å². The van der Waals surface area contributed by atoms with E-state index >= 15 is 0 Å². The number of aliphatic hydroxyl groups is 1. The van der Waals surface area contributed by atoms with Crippen molar-refractivity contribution in [3.63, 3.8) is 0 Å². The maximum Gasteiger partial charge on any atom is 0.360 e. The van der Waals surface area contributed by atoms with Crippen LogP contribution in [-0.2, 0) is 32.1 Å². The van der Waals surface area contributed by atoms with Crippen LogP contribution in [0.25, 0.3) is 0 Å². The van der Waals surface area contributed by atoms with Gasteiger partial charge in [-0.1, -0.05) is 31.9 Å². The lowest BCUT2D eigenvalue weighted by molar-refractivity contribution is -0.384. The van der Waals surface area contributed by atoms with Gasteiger partial charge in [0.2, 0.25) is 5.91 Å². The Labute approximate surface area is 246 Å². The summed E-state index contributed by atoms with van der Waals surface area (Å²) < 4.78 is 19.9. The van der Waals surface area contributed by atoms with Crippen LogP contribution in [0.4, 0.5) is 5.69 Å². The highest BCUT2D eigenvalue weighted by Crippen LogP contribution is 2.50. The Kier molecular flexibility index (Phi) is 8.67. The van der Waals surface area contributed by atoms with Crippen LogP contribution in [0.2, 0.25) is 0 Å². The van der Waals surface area contributed by atoms with E-state index in [1.807, 2.05) is 0 Å². The Hall–Kier alpha value is -3.74. The van der Waals surface area contributed by atoms with Gasteiger partial charge < -0.3 is 19.3 Å². The number of fused-ring (bicyclic) bond motifs is 1. The number of non-ortho nitro benzene ring substituents is 1. The second kappa shape index (κ2) is 12.2. The first-order valence-electron chi connectivity index (χ1n) is 14.1. The summed E-state index contributed by atoms with van der Waals surface area (Å²) in [4.78, 5) is 54.1. The predicted octanol–water partition coefficient (Wildman–Crippen LogP) is 3.53. The predicted molar refractivity (Wildman–Crippen MR) is 152 cm³/mol. The number of esters is 1. The molecule has 222 valence electrons. The number of ether oxygens (including phenoxy) is 1. The molecule has 4 unspecified atom stereocenters. The first-order chi connectivity index (χ1) is 20.1. The Bertz CT molecular complexity index is 1420. The van der Waals surface area contributed by atoms with Crippen molar-refractivity contribution in [1.82, 2.24) is 9.80 Å². The molecule has 0 saturated carbocycles. The molecule has 5 atom stereocenters. The summed E-state index contributed by atoms with van der Waals surface area (Å²) in [5.74, 6) is -2.91. The van der Waals surface area contributed by atoms with E-state index in [1.54, 1.807) is 36.1 Å². The van der Waals surface area contributed by atoms with Gasteiger partial charge in [0.05, 0.1) is 34.5 Å². The molecule has 0 bridgehead atoms. The largest absolute Gasteiger partial charge is 0.607 e. The Morgan fingerprint density at radius 3 is 2.36 bits per heavy atom. The lowest BCUT2D eigenvalue weighted by Gasteiger charge is -2.45. The highest BCUT2D eigenvalue weighted by molar-refractivity contribution is 7.95. The number of β-lactam (4-membered cyclic amide) rings is 1. The molecule has 0 spiro atoms. The fourth-order valence-corrected chi connectivity index (χ4v) is 7.69. The lowest BCUT2D eigenvalue weighted by atomic mass is 9.79. The number of aliphatic hydroxyl groups excluding tert-OH is 1. The molecule has 0 radical (unpaired) electrons. The lowest BCUT2D eigenvalue weighted by Crippen LogP contribution is -2.63. The smallest absolute Gasteiger partial charge is 0.360 e. The van der Waals surface area contributed by atoms with Crippen LogP contribution in [0.5, 0.6) is 0 Å². The third-order valence-corrected chi connectivity index (χ3v) is 9.95. The van der Waals surface area contributed by atoms with E-state index in [9.17, 15) is 34.2 Å². The fourth-order valence-electron chi connectivity index (χ4n) is 6.06.